The monoisotopic (exact) mass is 366 g/mol. The summed E-state index contributed by atoms with van der Waals surface area (Å²) >= 11 is 0. The molecule has 0 aliphatic rings. The Balaban J connectivity index is 1.72. The van der Waals surface area contributed by atoms with Crippen molar-refractivity contribution in [2.45, 2.75) is 25.7 Å². The highest BCUT2D eigenvalue weighted by Crippen LogP contribution is 2.26. The van der Waals surface area contributed by atoms with E-state index in [0.717, 1.165) is 36.1 Å². The number of H-pyrrole nitrogens is 1. The molecule has 0 spiro atoms. The van der Waals surface area contributed by atoms with Crippen LogP contribution in [0.5, 0.6) is 0 Å². The van der Waals surface area contributed by atoms with Crippen LogP contribution in [0.4, 0.5) is 0 Å². The Hall–Kier alpha value is -1.67. The highest BCUT2D eigenvalue weighted by molar-refractivity contribution is 8.76. The molecule has 1 aromatic heterocycles. The number of rotatable bonds is 11. The van der Waals surface area contributed by atoms with Gasteiger partial charge in [-0.25, -0.2) is 4.98 Å². The van der Waals surface area contributed by atoms with Crippen molar-refractivity contribution in [2.75, 3.05) is 11.5 Å². The number of hydrogen-bond donors (Lipinski definition) is 3. The quantitative estimate of drug-likeness (QED) is 0.417. The smallest absolute Gasteiger partial charge is 0.221 e. The number of nitrogens with two attached hydrogens (primary N) is 2. The molecule has 0 aliphatic heterocycles. The predicted molar refractivity (Wildman–Crippen MR) is 100 cm³/mol. The molecule has 0 saturated heterocycles. The predicted octanol–water partition coefficient (Wildman–Crippen LogP) is 2.24. The molecular formula is C16H22N4O2S2. The van der Waals surface area contributed by atoms with E-state index in [2.05, 4.69) is 9.97 Å². The second kappa shape index (κ2) is 9.58. The number of benzene rings is 1. The van der Waals surface area contributed by atoms with Crippen molar-refractivity contribution < 1.29 is 9.59 Å². The third-order valence-electron chi connectivity index (χ3n) is 3.59. The Labute approximate surface area is 148 Å². The first kappa shape index (κ1) is 18.7. The fourth-order valence-corrected chi connectivity index (χ4v) is 4.66. The number of para-hydroxylation sites is 2. The third-order valence-corrected chi connectivity index (χ3v) is 6.08. The highest BCUT2D eigenvalue weighted by atomic mass is 33.1. The van der Waals surface area contributed by atoms with Crippen LogP contribution < -0.4 is 11.5 Å². The van der Waals surface area contributed by atoms with Gasteiger partial charge in [-0.2, -0.15) is 0 Å². The lowest BCUT2D eigenvalue weighted by atomic mass is 10.0. The number of fused-ring (bicyclic) bond motifs is 1. The number of hydrogen-bond acceptors (Lipinski definition) is 5. The van der Waals surface area contributed by atoms with Crippen LogP contribution in [0.3, 0.4) is 0 Å². The van der Waals surface area contributed by atoms with E-state index in [9.17, 15) is 9.59 Å². The van der Waals surface area contributed by atoms with Gasteiger partial charge in [0.25, 0.3) is 0 Å². The van der Waals surface area contributed by atoms with Crippen molar-refractivity contribution in [1.29, 1.82) is 0 Å². The average molecular weight is 367 g/mol. The molecule has 1 unspecified atom stereocenters. The van der Waals surface area contributed by atoms with Crippen LogP contribution >= 0.6 is 21.6 Å². The van der Waals surface area contributed by atoms with Crippen LogP contribution in [0.1, 0.15) is 25.1 Å². The van der Waals surface area contributed by atoms with Gasteiger partial charge >= 0.3 is 0 Å². The van der Waals surface area contributed by atoms with Gasteiger partial charge in [-0.05, 0) is 25.0 Å². The first-order valence-electron chi connectivity index (χ1n) is 7.82. The van der Waals surface area contributed by atoms with E-state index in [1.54, 1.807) is 21.6 Å². The Morgan fingerprint density at radius 1 is 1.21 bits per heavy atom. The number of nitrogens with one attached hydrogen (secondary N) is 1. The van der Waals surface area contributed by atoms with Crippen LogP contribution in [0, 0.1) is 5.92 Å². The number of aromatic amines is 1. The number of aryl methyl sites for hydroxylation is 1. The number of primary amides is 2. The number of nitrogens with zero attached hydrogens (tertiary/aromatic N) is 1. The van der Waals surface area contributed by atoms with Gasteiger partial charge in [0.15, 0.2) is 0 Å². The molecule has 8 heteroatoms. The molecule has 130 valence electrons. The molecule has 2 amide bonds. The van der Waals surface area contributed by atoms with Crippen LogP contribution in [-0.2, 0) is 16.0 Å². The number of imidazole rings is 1. The standard InChI is InChI=1S/C16H22N4O2S2/c17-14(21)8-9-23-24-10-11(16(18)22)4-3-7-15-19-12-5-1-2-6-13(12)20-15/h1-2,5-6,11H,3-4,7-10H2,(H2,17,21)(H2,18,22)(H,19,20). The number of aromatic nitrogens is 2. The van der Waals surface area contributed by atoms with Crippen molar-refractivity contribution in [3.63, 3.8) is 0 Å². The third kappa shape index (κ3) is 6.09. The van der Waals surface area contributed by atoms with Crippen LogP contribution in [0.25, 0.3) is 11.0 Å². The van der Waals surface area contributed by atoms with Gasteiger partial charge in [0.2, 0.25) is 11.8 Å². The molecule has 0 fully saturated rings. The first-order chi connectivity index (χ1) is 11.6. The number of amides is 2. The Morgan fingerprint density at radius 3 is 2.71 bits per heavy atom. The zero-order valence-corrected chi connectivity index (χ0v) is 15.0. The summed E-state index contributed by atoms with van der Waals surface area (Å²) in [5.41, 5.74) is 12.6. The van der Waals surface area contributed by atoms with Gasteiger partial charge in [0.1, 0.15) is 5.82 Å². The van der Waals surface area contributed by atoms with Crippen molar-refractivity contribution in [2.24, 2.45) is 17.4 Å². The molecule has 0 saturated carbocycles. The zero-order valence-electron chi connectivity index (χ0n) is 13.4. The van der Waals surface area contributed by atoms with Crippen molar-refractivity contribution in [3.05, 3.63) is 30.1 Å². The van der Waals surface area contributed by atoms with Crippen LogP contribution in [-0.4, -0.2) is 33.3 Å². The minimum Gasteiger partial charge on any atom is -0.370 e. The molecule has 0 bridgehead atoms. The SMILES string of the molecule is NC(=O)CCSSCC(CCCc1nc2ccccc2[nH]1)C(N)=O. The maximum absolute atomic E-state index is 11.6. The molecule has 6 nitrogen and oxygen atoms in total. The van der Waals surface area contributed by atoms with Gasteiger partial charge in [-0.15, -0.1) is 0 Å². The molecule has 5 N–H and O–H groups in total. The summed E-state index contributed by atoms with van der Waals surface area (Å²) in [5, 5.41) is 0. The number of carbonyl (C=O) groups is 2. The normalized spacial score (nSPS) is 12.3. The molecule has 1 aromatic carbocycles. The molecule has 1 atom stereocenters. The number of carbonyl (C=O) groups excluding carboxylic acids is 2. The largest absolute Gasteiger partial charge is 0.370 e. The summed E-state index contributed by atoms with van der Waals surface area (Å²) < 4.78 is 0. The minimum atomic E-state index is -0.305. The summed E-state index contributed by atoms with van der Waals surface area (Å²) in [4.78, 5) is 30.0. The van der Waals surface area contributed by atoms with Gasteiger partial charge in [0.05, 0.1) is 11.0 Å². The van der Waals surface area contributed by atoms with Crippen molar-refractivity contribution >= 4 is 44.4 Å². The fraction of sp³-hybridized carbons (Fsp3) is 0.438. The van der Waals surface area contributed by atoms with Gasteiger partial charge in [-0.1, -0.05) is 33.7 Å². The van der Waals surface area contributed by atoms with Gasteiger partial charge < -0.3 is 16.5 Å². The summed E-state index contributed by atoms with van der Waals surface area (Å²) in [6.07, 6.45) is 2.72. The Bertz CT molecular complexity index is 657. The molecular weight excluding hydrogens is 344 g/mol. The lowest BCUT2D eigenvalue weighted by Crippen LogP contribution is -2.25. The van der Waals surface area contributed by atoms with Crippen LogP contribution in [0.2, 0.25) is 0 Å². The molecule has 1 heterocycles. The molecule has 0 radical (unpaired) electrons. The first-order valence-corrected chi connectivity index (χ1v) is 10.3. The van der Waals surface area contributed by atoms with E-state index in [1.807, 2.05) is 24.3 Å². The second-order valence-corrected chi connectivity index (χ2v) is 8.14. The van der Waals surface area contributed by atoms with E-state index in [4.69, 9.17) is 11.5 Å². The minimum absolute atomic E-state index is 0.166. The summed E-state index contributed by atoms with van der Waals surface area (Å²) in [6, 6.07) is 7.91. The van der Waals surface area contributed by atoms with E-state index in [1.165, 1.54) is 0 Å². The van der Waals surface area contributed by atoms with Gasteiger partial charge in [0, 0.05) is 30.3 Å². The molecule has 24 heavy (non-hydrogen) atoms. The zero-order chi connectivity index (χ0) is 17.4. The molecule has 0 aliphatic carbocycles. The molecule has 2 rings (SSSR count). The van der Waals surface area contributed by atoms with E-state index < -0.39 is 0 Å². The summed E-state index contributed by atoms with van der Waals surface area (Å²) in [7, 11) is 3.12. The summed E-state index contributed by atoms with van der Waals surface area (Å²) in [6.45, 7) is 0. The lowest BCUT2D eigenvalue weighted by Gasteiger charge is -2.11. The van der Waals surface area contributed by atoms with Crippen molar-refractivity contribution in [1.82, 2.24) is 9.97 Å². The fourth-order valence-electron chi connectivity index (χ4n) is 2.28. The van der Waals surface area contributed by atoms with E-state index in [-0.39, 0.29) is 17.7 Å². The Kier molecular flexibility index (Phi) is 7.45. The van der Waals surface area contributed by atoms with Crippen LogP contribution in [0.15, 0.2) is 24.3 Å². The maximum Gasteiger partial charge on any atom is 0.221 e. The Morgan fingerprint density at radius 2 is 2.00 bits per heavy atom. The second-order valence-electron chi connectivity index (χ2n) is 5.51. The average Bonchev–Trinajstić information content (AvgIpc) is 2.95. The highest BCUT2D eigenvalue weighted by Gasteiger charge is 2.16. The van der Waals surface area contributed by atoms with Gasteiger partial charge in [-0.3, -0.25) is 9.59 Å². The van der Waals surface area contributed by atoms with E-state index >= 15 is 0 Å². The summed E-state index contributed by atoms with van der Waals surface area (Å²) in [5.74, 6) is 1.50. The molecule has 2 aromatic rings. The van der Waals surface area contributed by atoms with Crippen molar-refractivity contribution in [3.8, 4) is 0 Å². The topological polar surface area (TPSA) is 115 Å². The lowest BCUT2D eigenvalue weighted by molar-refractivity contribution is -0.121. The van der Waals surface area contributed by atoms with E-state index in [0.29, 0.717) is 17.9 Å². The maximum atomic E-state index is 11.6.